The minimum atomic E-state index is -0.453. The van der Waals surface area contributed by atoms with E-state index in [2.05, 4.69) is 30.2 Å². The lowest BCUT2D eigenvalue weighted by molar-refractivity contribution is -0.116. The molecule has 3 aromatic rings. The van der Waals surface area contributed by atoms with Gasteiger partial charge in [-0.1, -0.05) is 5.16 Å². The summed E-state index contributed by atoms with van der Waals surface area (Å²) >= 11 is 1.30. The molecule has 0 atom stereocenters. The number of carbonyl (C=O) groups is 2. The molecule has 0 radical (unpaired) electrons. The molecule has 2 N–H and O–H groups in total. The zero-order valence-corrected chi connectivity index (χ0v) is 14.3. The normalized spacial score (nSPS) is 10.6. The van der Waals surface area contributed by atoms with E-state index in [0.29, 0.717) is 34.7 Å². The number of esters is 1. The Hall–Kier alpha value is -3.01. The van der Waals surface area contributed by atoms with Gasteiger partial charge in [0.15, 0.2) is 11.0 Å². The van der Waals surface area contributed by atoms with Crippen molar-refractivity contribution in [3.63, 3.8) is 0 Å². The number of rotatable bonds is 6. The van der Waals surface area contributed by atoms with Gasteiger partial charge >= 0.3 is 5.97 Å². The molecule has 0 fully saturated rings. The predicted octanol–water partition coefficient (Wildman–Crippen LogP) is 2.19. The van der Waals surface area contributed by atoms with Crippen LogP contribution in [0.4, 0.5) is 5.13 Å². The third-order valence-corrected chi connectivity index (χ3v) is 4.03. The van der Waals surface area contributed by atoms with E-state index in [9.17, 15) is 9.59 Å². The molecule has 0 aliphatic heterocycles. The van der Waals surface area contributed by atoms with Crippen molar-refractivity contribution >= 4 is 28.3 Å². The van der Waals surface area contributed by atoms with Gasteiger partial charge < -0.3 is 19.6 Å². The minimum absolute atomic E-state index is 0.193. The Morgan fingerprint density at radius 2 is 2.24 bits per heavy atom. The number of H-pyrrole nitrogens is 1. The molecular weight excluding hydrogens is 346 g/mol. The molecule has 3 aromatic heterocycles. The number of hydrogen-bond acceptors (Lipinski definition) is 8. The SMILES string of the molecule is COC(=O)c1cc(-c2csc(NC(=O)CCc3nc(C)no3)n2)c[nH]1. The van der Waals surface area contributed by atoms with Crippen LogP contribution >= 0.6 is 11.3 Å². The second kappa shape index (κ2) is 7.26. The van der Waals surface area contributed by atoms with Crippen LogP contribution in [-0.4, -0.2) is 39.1 Å². The topological polar surface area (TPSA) is 123 Å². The standard InChI is InChI=1S/C15H15N5O4S/c1-8-17-13(24-20-8)4-3-12(21)19-15-18-11(7-25-15)9-5-10(16-6-9)14(22)23-2/h5-7,16H,3-4H2,1-2H3,(H,18,19,21). The average Bonchev–Trinajstić information content (AvgIpc) is 3.32. The number of amides is 1. The van der Waals surface area contributed by atoms with Crippen molar-refractivity contribution < 1.29 is 18.8 Å². The number of hydrogen-bond donors (Lipinski definition) is 2. The van der Waals surface area contributed by atoms with E-state index >= 15 is 0 Å². The van der Waals surface area contributed by atoms with Crippen molar-refractivity contribution in [3.8, 4) is 11.3 Å². The number of anilines is 1. The van der Waals surface area contributed by atoms with Gasteiger partial charge in [-0.3, -0.25) is 4.79 Å². The zero-order valence-electron chi connectivity index (χ0n) is 13.5. The van der Waals surface area contributed by atoms with Crippen molar-refractivity contribution in [1.29, 1.82) is 0 Å². The lowest BCUT2D eigenvalue weighted by atomic mass is 10.2. The average molecular weight is 361 g/mol. The number of methoxy groups -OCH3 is 1. The van der Waals surface area contributed by atoms with Crippen LogP contribution in [0.25, 0.3) is 11.3 Å². The fourth-order valence-corrected chi connectivity index (χ4v) is 2.81. The molecule has 0 unspecified atom stereocenters. The Bertz CT molecular complexity index is 897. The molecule has 130 valence electrons. The summed E-state index contributed by atoms with van der Waals surface area (Å²) in [4.78, 5) is 34.6. The molecule has 25 heavy (non-hydrogen) atoms. The van der Waals surface area contributed by atoms with Gasteiger partial charge in [0.05, 0.1) is 12.8 Å². The summed E-state index contributed by atoms with van der Waals surface area (Å²) in [5.41, 5.74) is 1.73. The lowest BCUT2D eigenvalue weighted by Crippen LogP contribution is -2.12. The fourth-order valence-electron chi connectivity index (χ4n) is 2.08. The number of aryl methyl sites for hydroxylation is 2. The third-order valence-electron chi connectivity index (χ3n) is 3.27. The number of ether oxygens (including phenoxy) is 1. The largest absolute Gasteiger partial charge is 0.464 e. The smallest absolute Gasteiger partial charge is 0.354 e. The highest BCUT2D eigenvalue weighted by atomic mass is 32.1. The van der Waals surface area contributed by atoms with E-state index in [1.807, 2.05) is 0 Å². The monoisotopic (exact) mass is 361 g/mol. The molecule has 0 saturated heterocycles. The van der Waals surface area contributed by atoms with Crippen LogP contribution in [0.5, 0.6) is 0 Å². The van der Waals surface area contributed by atoms with Gasteiger partial charge in [0.2, 0.25) is 11.8 Å². The molecule has 0 bridgehead atoms. The quantitative estimate of drug-likeness (QED) is 0.645. The number of thiazole rings is 1. The van der Waals surface area contributed by atoms with E-state index in [1.54, 1.807) is 24.6 Å². The summed E-state index contributed by atoms with van der Waals surface area (Å²) in [5.74, 6) is 0.320. The molecule has 0 aliphatic rings. The molecule has 0 aromatic carbocycles. The number of aromatic amines is 1. The van der Waals surface area contributed by atoms with Crippen molar-refractivity contribution in [2.24, 2.45) is 0 Å². The number of aromatic nitrogens is 4. The van der Waals surface area contributed by atoms with Gasteiger partial charge in [0, 0.05) is 30.0 Å². The van der Waals surface area contributed by atoms with E-state index in [4.69, 9.17) is 4.52 Å². The Morgan fingerprint density at radius 1 is 1.40 bits per heavy atom. The molecular formula is C15H15N5O4S. The first-order valence-electron chi connectivity index (χ1n) is 7.37. The first-order chi connectivity index (χ1) is 12.0. The van der Waals surface area contributed by atoms with Crippen LogP contribution in [0.1, 0.15) is 28.6 Å². The van der Waals surface area contributed by atoms with Crippen LogP contribution in [0, 0.1) is 6.92 Å². The molecule has 3 rings (SSSR count). The highest BCUT2D eigenvalue weighted by molar-refractivity contribution is 7.14. The summed E-state index contributed by atoms with van der Waals surface area (Å²) in [7, 11) is 1.31. The van der Waals surface area contributed by atoms with Crippen molar-refractivity contribution in [3.05, 3.63) is 35.1 Å². The first-order valence-corrected chi connectivity index (χ1v) is 8.25. The van der Waals surface area contributed by atoms with Crippen LogP contribution in [-0.2, 0) is 16.0 Å². The van der Waals surface area contributed by atoms with Gasteiger partial charge in [-0.2, -0.15) is 4.98 Å². The van der Waals surface area contributed by atoms with Crippen LogP contribution in [0.3, 0.4) is 0 Å². The van der Waals surface area contributed by atoms with E-state index in [-0.39, 0.29) is 12.3 Å². The maximum atomic E-state index is 12.0. The van der Waals surface area contributed by atoms with E-state index in [0.717, 1.165) is 5.56 Å². The maximum Gasteiger partial charge on any atom is 0.354 e. The zero-order chi connectivity index (χ0) is 17.8. The summed E-state index contributed by atoms with van der Waals surface area (Å²) in [5, 5.41) is 8.67. The number of nitrogens with one attached hydrogen (secondary N) is 2. The van der Waals surface area contributed by atoms with Gasteiger partial charge in [-0.05, 0) is 13.0 Å². The van der Waals surface area contributed by atoms with Crippen molar-refractivity contribution in [1.82, 2.24) is 20.1 Å². The highest BCUT2D eigenvalue weighted by Crippen LogP contribution is 2.25. The third kappa shape index (κ3) is 4.10. The Labute approximate surface area is 146 Å². The highest BCUT2D eigenvalue weighted by Gasteiger charge is 2.13. The summed E-state index contributed by atoms with van der Waals surface area (Å²) < 4.78 is 9.61. The van der Waals surface area contributed by atoms with Gasteiger partial charge in [0.25, 0.3) is 0 Å². The Kier molecular flexibility index (Phi) is 4.89. The van der Waals surface area contributed by atoms with E-state index < -0.39 is 5.97 Å². The fraction of sp³-hybridized carbons (Fsp3) is 0.267. The molecule has 3 heterocycles. The minimum Gasteiger partial charge on any atom is -0.464 e. The summed E-state index contributed by atoms with van der Waals surface area (Å²) in [6, 6.07) is 1.64. The summed E-state index contributed by atoms with van der Waals surface area (Å²) in [6.45, 7) is 1.72. The molecule has 0 aliphatic carbocycles. The van der Waals surface area contributed by atoms with Crippen LogP contribution in [0.15, 0.2) is 22.2 Å². The molecule has 0 saturated carbocycles. The van der Waals surface area contributed by atoms with E-state index in [1.165, 1.54) is 18.4 Å². The van der Waals surface area contributed by atoms with Crippen molar-refractivity contribution in [2.75, 3.05) is 12.4 Å². The molecule has 9 nitrogen and oxygen atoms in total. The maximum absolute atomic E-state index is 12.0. The van der Waals surface area contributed by atoms with Crippen LogP contribution < -0.4 is 5.32 Å². The van der Waals surface area contributed by atoms with Gasteiger partial charge in [-0.25, -0.2) is 9.78 Å². The second-order valence-electron chi connectivity index (χ2n) is 5.12. The van der Waals surface area contributed by atoms with Crippen molar-refractivity contribution in [2.45, 2.75) is 19.8 Å². The van der Waals surface area contributed by atoms with Gasteiger partial charge in [-0.15, -0.1) is 11.3 Å². The predicted molar refractivity (Wildman–Crippen MR) is 89.2 cm³/mol. The molecule has 1 amide bonds. The summed E-state index contributed by atoms with van der Waals surface area (Å²) in [6.07, 6.45) is 2.24. The Morgan fingerprint density at radius 3 is 2.96 bits per heavy atom. The lowest BCUT2D eigenvalue weighted by Gasteiger charge is -1.99. The number of nitrogens with zero attached hydrogens (tertiary/aromatic N) is 3. The van der Waals surface area contributed by atoms with Crippen LogP contribution in [0.2, 0.25) is 0 Å². The first kappa shape index (κ1) is 16.8. The molecule has 10 heteroatoms. The number of carbonyl (C=O) groups excluding carboxylic acids is 2. The Balaban J connectivity index is 1.58. The van der Waals surface area contributed by atoms with Gasteiger partial charge in [0.1, 0.15) is 5.69 Å². The second-order valence-corrected chi connectivity index (χ2v) is 5.97. The molecule has 0 spiro atoms.